The average molecular weight is 370 g/mol. The fourth-order valence-corrected chi connectivity index (χ4v) is 4.29. The molecule has 1 amide bonds. The Hall–Kier alpha value is -2.48. The summed E-state index contributed by atoms with van der Waals surface area (Å²) >= 11 is 1.52. The number of carbonyl (C=O) groups excluding carboxylic acids is 1. The number of amides is 1. The highest BCUT2D eigenvalue weighted by Crippen LogP contribution is 2.26. The van der Waals surface area contributed by atoms with Crippen LogP contribution in [0.5, 0.6) is 0 Å². The van der Waals surface area contributed by atoms with Crippen molar-refractivity contribution in [1.29, 1.82) is 0 Å². The van der Waals surface area contributed by atoms with Gasteiger partial charge in [-0.15, -0.1) is 11.3 Å². The second kappa shape index (κ2) is 7.41. The molecule has 3 aromatic rings. The minimum Gasteiger partial charge on any atom is -0.355 e. The van der Waals surface area contributed by atoms with Crippen molar-refractivity contribution in [3.05, 3.63) is 35.0 Å². The second-order valence-electron chi connectivity index (χ2n) is 6.49. The van der Waals surface area contributed by atoms with Crippen molar-refractivity contribution in [3.63, 3.8) is 0 Å². The van der Waals surface area contributed by atoms with Gasteiger partial charge < -0.3 is 14.8 Å². The molecule has 1 aliphatic heterocycles. The van der Waals surface area contributed by atoms with Crippen LogP contribution in [0.2, 0.25) is 0 Å². The minimum absolute atomic E-state index is 0.165. The van der Waals surface area contributed by atoms with Crippen molar-refractivity contribution in [3.8, 4) is 0 Å². The fraction of sp³-hybridized carbons (Fsp3) is 0.444. The van der Waals surface area contributed by atoms with Crippen LogP contribution < -0.4 is 4.90 Å². The van der Waals surface area contributed by atoms with Crippen molar-refractivity contribution < 1.29 is 4.79 Å². The maximum absolute atomic E-state index is 12.9. The number of anilines is 1. The lowest BCUT2D eigenvalue weighted by molar-refractivity contribution is 0.0655. The third-order valence-corrected chi connectivity index (χ3v) is 5.72. The molecule has 0 spiro atoms. The van der Waals surface area contributed by atoms with E-state index in [0.29, 0.717) is 5.65 Å². The van der Waals surface area contributed by atoms with Gasteiger partial charge in [-0.05, 0) is 30.7 Å². The van der Waals surface area contributed by atoms with Crippen LogP contribution in [0, 0.1) is 0 Å². The highest BCUT2D eigenvalue weighted by molar-refractivity contribution is 7.12. The van der Waals surface area contributed by atoms with Gasteiger partial charge in [-0.3, -0.25) is 4.79 Å². The lowest BCUT2D eigenvalue weighted by Crippen LogP contribution is -2.47. The van der Waals surface area contributed by atoms with Crippen molar-refractivity contribution in [2.24, 2.45) is 0 Å². The highest BCUT2D eigenvalue weighted by atomic mass is 32.1. The first kappa shape index (κ1) is 17.0. The Morgan fingerprint density at radius 3 is 2.92 bits per heavy atom. The molecule has 0 unspecified atom stereocenters. The lowest BCUT2D eigenvalue weighted by atomic mass is 10.0. The van der Waals surface area contributed by atoms with Crippen LogP contribution in [-0.2, 0) is 0 Å². The van der Waals surface area contributed by atoms with Crippen molar-refractivity contribution >= 4 is 34.2 Å². The van der Waals surface area contributed by atoms with Crippen LogP contribution in [-0.4, -0.2) is 56.4 Å². The van der Waals surface area contributed by atoms with Gasteiger partial charge in [0, 0.05) is 25.7 Å². The van der Waals surface area contributed by atoms with Gasteiger partial charge >= 0.3 is 0 Å². The first-order chi connectivity index (χ1) is 12.8. The predicted molar refractivity (Wildman–Crippen MR) is 103 cm³/mol. The molecular weight excluding hydrogens is 348 g/mol. The summed E-state index contributed by atoms with van der Waals surface area (Å²) in [5, 5.41) is 1.96. The predicted octanol–water partition coefficient (Wildman–Crippen LogP) is 2.94. The van der Waals surface area contributed by atoms with E-state index in [0.717, 1.165) is 55.1 Å². The molecule has 7 nitrogen and oxygen atoms in total. The largest absolute Gasteiger partial charge is 0.355 e. The lowest BCUT2D eigenvalue weighted by Gasteiger charge is -2.38. The monoisotopic (exact) mass is 370 g/mol. The fourth-order valence-electron chi connectivity index (χ4n) is 3.61. The van der Waals surface area contributed by atoms with E-state index in [1.807, 2.05) is 17.5 Å². The Bertz CT molecular complexity index is 869. The number of aromatic nitrogens is 4. The SMILES string of the molecule is CCCN(C(=O)c1cccs1)C1CCN(c2ncnc3nc[nH]c23)CC1. The van der Waals surface area contributed by atoms with Crippen LogP contribution in [0.3, 0.4) is 0 Å². The molecule has 8 heteroatoms. The number of nitrogens with zero attached hydrogens (tertiary/aromatic N) is 5. The molecule has 0 aliphatic carbocycles. The molecule has 0 bridgehead atoms. The molecule has 1 saturated heterocycles. The molecule has 0 radical (unpaired) electrons. The maximum atomic E-state index is 12.9. The molecule has 4 heterocycles. The summed E-state index contributed by atoms with van der Waals surface area (Å²) in [5.41, 5.74) is 1.57. The second-order valence-corrected chi connectivity index (χ2v) is 7.44. The number of rotatable bonds is 5. The smallest absolute Gasteiger partial charge is 0.264 e. The van der Waals surface area contributed by atoms with Gasteiger partial charge in [-0.1, -0.05) is 13.0 Å². The quantitative estimate of drug-likeness (QED) is 0.747. The summed E-state index contributed by atoms with van der Waals surface area (Å²) < 4.78 is 0. The summed E-state index contributed by atoms with van der Waals surface area (Å²) in [6.07, 6.45) is 6.07. The van der Waals surface area contributed by atoms with Crippen LogP contribution in [0.1, 0.15) is 35.9 Å². The van der Waals surface area contributed by atoms with Crippen LogP contribution in [0.25, 0.3) is 11.2 Å². The summed E-state index contributed by atoms with van der Waals surface area (Å²) in [6.45, 7) is 4.67. The average Bonchev–Trinajstić information content (AvgIpc) is 3.37. The van der Waals surface area contributed by atoms with Gasteiger partial charge in [0.2, 0.25) is 0 Å². The molecule has 0 saturated carbocycles. The zero-order valence-electron chi connectivity index (χ0n) is 14.8. The molecule has 136 valence electrons. The summed E-state index contributed by atoms with van der Waals surface area (Å²) in [7, 11) is 0. The zero-order chi connectivity index (χ0) is 17.9. The van der Waals surface area contributed by atoms with Gasteiger partial charge in [0.05, 0.1) is 11.2 Å². The van der Waals surface area contributed by atoms with Crippen LogP contribution >= 0.6 is 11.3 Å². The van der Waals surface area contributed by atoms with Gasteiger partial charge in [-0.25, -0.2) is 15.0 Å². The van der Waals surface area contributed by atoms with Crippen molar-refractivity contribution in [1.82, 2.24) is 24.8 Å². The van der Waals surface area contributed by atoms with E-state index in [1.165, 1.54) is 11.3 Å². The van der Waals surface area contributed by atoms with Gasteiger partial charge in [0.15, 0.2) is 11.5 Å². The topological polar surface area (TPSA) is 78.0 Å². The van der Waals surface area contributed by atoms with E-state index in [4.69, 9.17) is 0 Å². The number of aromatic amines is 1. The molecule has 1 aliphatic rings. The van der Waals surface area contributed by atoms with Crippen molar-refractivity contribution in [2.75, 3.05) is 24.5 Å². The number of thiophene rings is 1. The van der Waals surface area contributed by atoms with Crippen molar-refractivity contribution in [2.45, 2.75) is 32.2 Å². The van der Waals surface area contributed by atoms with Gasteiger partial charge in [0.25, 0.3) is 5.91 Å². The number of fused-ring (bicyclic) bond motifs is 1. The molecule has 1 N–H and O–H groups in total. The third kappa shape index (κ3) is 3.16. The Morgan fingerprint density at radius 2 is 2.19 bits per heavy atom. The Balaban J connectivity index is 1.48. The van der Waals surface area contributed by atoms with E-state index in [2.05, 4.69) is 36.7 Å². The Labute approximate surface area is 156 Å². The number of hydrogen-bond donors (Lipinski definition) is 1. The normalized spacial score (nSPS) is 15.5. The summed E-state index contributed by atoms with van der Waals surface area (Å²) in [5.74, 6) is 1.07. The van der Waals surface area contributed by atoms with E-state index >= 15 is 0 Å². The maximum Gasteiger partial charge on any atom is 0.264 e. The minimum atomic E-state index is 0.165. The Morgan fingerprint density at radius 1 is 1.35 bits per heavy atom. The highest BCUT2D eigenvalue weighted by Gasteiger charge is 2.29. The first-order valence-electron chi connectivity index (χ1n) is 9.01. The third-order valence-electron chi connectivity index (χ3n) is 4.87. The van der Waals surface area contributed by atoms with Gasteiger partial charge in [-0.2, -0.15) is 0 Å². The number of carbonyl (C=O) groups is 1. The summed E-state index contributed by atoms with van der Waals surface area (Å²) in [6, 6.07) is 4.13. The molecule has 3 aromatic heterocycles. The molecule has 26 heavy (non-hydrogen) atoms. The summed E-state index contributed by atoms with van der Waals surface area (Å²) in [4.78, 5) is 34.0. The van der Waals surface area contributed by atoms with E-state index < -0.39 is 0 Å². The van der Waals surface area contributed by atoms with E-state index in [9.17, 15) is 4.79 Å². The number of hydrogen-bond acceptors (Lipinski definition) is 6. The molecule has 4 rings (SSSR count). The standard InChI is InChI=1S/C18H22N6OS/c1-2-7-24(18(25)14-4-3-10-26-14)13-5-8-23(9-6-13)17-15-16(20-11-19-15)21-12-22-17/h3-4,10-13H,2,5-9H2,1H3,(H,19,20,21,22). The number of H-pyrrole nitrogens is 1. The van der Waals surface area contributed by atoms with Crippen LogP contribution in [0.15, 0.2) is 30.2 Å². The first-order valence-corrected chi connectivity index (χ1v) is 9.89. The molecule has 0 aromatic carbocycles. The molecule has 0 atom stereocenters. The van der Waals surface area contributed by atoms with E-state index in [1.54, 1.807) is 12.7 Å². The van der Waals surface area contributed by atoms with E-state index in [-0.39, 0.29) is 11.9 Å². The molecule has 1 fully saturated rings. The van der Waals surface area contributed by atoms with Gasteiger partial charge in [0.1, 0.15) is 11.8 Å². The molecular formula is C18H22N6OS. The zero-order valence-corrected chi connectivity index (χ0v) is 15.6. The van der Waals surface area contributed by atoms with Crippen LogP contribution in [0.4, 0.5) is 5.82 Å². The Kier molecular flexibility index (Phi) is 4.83. The number of imidazole rings is 1. The number of piperidine rings is 1. The number of nitrogens with one attached hydrogen (secondary N) is 1.